The van der Waals surface area contributed by atoms with Crippen LogP contribution in [0.4, 0.5) is 13.2 Å². The van der Waals surface area contributed by atoms with Crippen molar-refractivity contribution in [3.8, 4) is 23.6 Å². The molecule has 1 saturated heterocycles. The predicted molar refractivity (Wildman–Crippen MR) is 103 cm³/mol. The number of aliphatic hydroxyl groups is 2. The van der Waals surface area contributed by atoms with Crippen molar-refractivity contribution in [1.29, 1.82) is 10.5 Å². The normalized spacial score (nSPS) is 22.2. The van der Waals surface area contributed by atoms with Gasteiger partial charge >= 0.3 is 6.18 Å². The minimum atomic E-state index is -4.68. The van der Waals surface area contributed by atoms with Crippen LogP contribution in [0.2, 0.25) is 0 Å². The Balaban J connectivity index is 1.87. The summed E-state index contributed by atoms with van der Waals surface area (Å²) >= 11 is 0. The first-order chi connectivity index (χ1) is 15.0. The molecule has 8 nitrogen and oxygen atoms in total. The lowest BCUT2D eigenvalue weighted by molar-refractivity contribution is -0.137. The van der Waals surface area contributed by atoms with Crippen LogP contribution in [-0.4, -0.2) is 55.2 Å². The molecule has 12 heteroatoms. The number of benzene rings is 2. The Hall–Kier alpha value is -3.16. The molecule has 1 aliphatic heterocycles. The lowest BCUT2D eigenvalue weighted by Crippen LogP contribution is -2.48. The zero-order valence-corrected chi connectivity index (χ0v) is 17.0. The molecule has 1 aliphatic rings. The van der Waals surface area contributed by atoms with Gasteiger partial charge in [-0.1, -0.05) is 0 Å². The van der Waals surface area contributed by atoms with Crippen molar-refractivity contribution in [3.05, 3.63) is 53.1 Å². The van der Waals surface area contributed by atoms with Crippen molar-refractivity contribution in [3.63, 3.8) is 0 Å². The maximum absolute atomic E-state index is 13.0. The van der Waals surface area contributed by atoms with E-state index < -0.39 is 52.4 Å². The average molecular weight is 467 g/mol. The number of phenolic OH excluding ortho intramolecular Hbond substituents is 1. The van der Waals surface area contributed by atoms with Crippen molar-refractivity contribution < 1.29 is 37.4 Å². The molecule has 3 atom stereocenters. The van der Waals surface area contributed by atoms with Gasteiger partial charge in [-0.05, 0) is 30.3 Å². The molecule has 0 spiro atoms. The number of nitriles is 2. The summed E-state index contributed by atoms with van der Waals surface area (Å²) in [6.45, 7) is -1.43. The highest BCUT2D eigenvalue weighted by Gasteiger charge is 2.49. The van der Waals surface area contributed by atoms with Crippen molar-refractivity contribution in [2.75, 3.05) is 19.7 Å². The quantitative estimate of drug-likeness (QED) is 0.608. The first-order valence-electron chi connectivity index (χ1n) is 9.03. The van der Waals surface area contributed by atoms with Crippen LogP contribution in [-0.2, 0) is 17.2 Å². The van der Waals surface area contributed by atoms with Crippen molar-refractivity contribution in [2.45, 2.75) is 22.8 Å². The largest absolute Gasteiger partial charge is 0.504 e. The molecule has 0 aromatic heterocycles. The zero-order valence-electron chi connectivity index (χ0n) is 16.2. The number of rotatable bonds is 5. The fourth-order valence-corrected chi connectivity index (χ4v) is 4.54. The van der Waals surface area contributed by atoms with Crippen molar-refractivity contribution in [1.82, 2.24) is 4.31 Å². The van der Waals surface area contributed by atoms with E-state index in [4.69, 9.17) is 10.00 Å². The van der Waals surface area contributed by atoms with Gasteiger partial charge in [0.15, 0.2) is 11.5 Å². The smallest absolute Gasteiger partial charge is 0.416 e. The van der Waals surface area contributed by atoms with Gasteiger partial charge in [0.1, 0.15) is 28.8 Å². The van der Waals surface area contributed by atoms with Gasteiger partial charge in [0, 0.05) is 12.6 Å². The molecule has 1 heterocycles. The first-order valence-corrected chi connectivity index (χ1v) is 10.1. The van der Waals surface area contributed by atoms with E-state index in [1.165, 1.54) is 12.1 Å². The van der Waals surface area contributed by atoms with Crippen LogP contribution in [0.5, 0.6) is 11.5 Å². The van der Waals surface area contributed by atoms with Gasteiger partial charge in [0.2, 0.25) is 0 Å². The van der Waals surface area contributed by atoms with Crippen LogP contribution in [0, 0.1) is 22.7 Å². The molecule has 3 N–H and O–H groups in total. The maximum Gasteiger partial charge on any atom is 0.416 e. The highest BCUT2D eigenvalue weighted by atomic mass is 32.2. The minimum Gasteiger partial charge on any atom is -0.504 e. The summed E-state index contributed by atoms with van der Waals surface area (Å²) in [5.74, 6) is -0.487. The molecular formula is C20H16F3N3O5S. The van der Waals surface area contributed by atoms with Crippen LogP contribution >= 0.6 is 0 Å². The lowest BCUT2D eigenvalue weighted by atomic mass is 10.0. The molecule has 3 rings (SSSR count). The Morgan fingerprint density at radius 2 is 1.94 bits per heavy atom. The van der Waals surface area contributed by atoms with Crippen molar-refractivity contribution in [2.24, 2.45) is 0 Å². The average Bonchev–Trinajstić information content (AvgIpc) is 3.10. The molecule has 0 aliphatic carbocycles. The second-order valence-electron chi connectivity index (χ2n) is 7.05. The number of aromatic hydroxyl groups is 1. The zero-order chi connectivity index (χ0) is 23.7. The molecule has 168 valence electrons. The standard InChI is InChI=1S/C20H16F3N3O5S/c21-20(22,23)14-2-4-17(13(6-14)8-25)32(30)26-9-18(19(29,10-26)11-27)31-16-3-1-12(7-24)5-15(16)28/h1-6,18,27-29H,9-11H2/t18-,19?,32?/m0/s1. The van der Waals surface area contributed by atoms with Crippen molar-refractivity contribution >= 4 is 11.0 Å². The van der Waals surface area contributed by atoms with E-state index in [0.29, 0.717) is 12.1 Å². The van der Waals surface area contributed by atoms with E-state index in [-0.39, 0.29) is 29.3 Å². The topological polar surface area (TPSA) is 138 Å². The van der Waals surface area contributed by atoms with Crippen LogP contribution in [0.25, 0.3) is 0 Å². The van der Waals surface area contributed by atoms with Gasteiger partial charge in [0.25, 0.3) is 0 Å². The molecule has 2 unspecified atom stereocenters. The number of ether oxygens (including phenoxy) is 1. The maximum atomic E-state index is 13.0. The number of aliphatic hydroxyl groups excluding tert-OH is 1. The van der Waals surface area contributed by atoms with Gasteiger partial charge in [-0.3, -0.25) is 0 Å². The number of alkyl halides is 3. The fourth-order valence-electron chi connectivity index (χ4n) is 3.18. The van der Waals surface area contributed by atoms with Gasteiger partial charge in [-0.2, -0.15) is 23.7 Å². The van der Waals surface area contributed by atoms with Gasteiger partial charge < -0.3 is 20.1 Å². The Labute approximate surface area is 182 Å². The lowest BCUT2D eigenvalue weighted by Gasteiger charge is -2.27. The summed E-state index contributed by atoms with van der Waals surface area (Å²) in [5, 5.41) is 48.6. The molecule has 2 aromatic carbocycles. The van der Waals surface area contributed by atoms with E-state index in [0.717, 1.165) is 16.4 Å². The Morgan fingerprint density at radius 1 is 1.22 bits per heavy atom. The van der Waals surface area contributed by atoms with E-state index in [1.807, 2.05) is 6.07 Å². The van der Waals surface area contributed by atoms with E-state index >= 15 is 0 Å². The third kappa shape index (κ3) is 4.54. The SMILES string of the molecule is N#Cc1ccc(O[C@H]2CN(S(=O)c3ccc(C(F)(F)F)cc3C#N)CC2(O)CO)c(O)c1. The molecular weight excluding hydrogens is 451 g/mol. The summed E-state index contributed by atoms with van der Waals surface area (Å²) in [6.07, 6.45) is -5.87. The summed E-state index contributed by atoms with van der Waals surface area (Å²) in [5.41, 5.74) is -3.28. The number of hydrogen-bond acceptors (Lipinski definition) is 7. The number of hydrogen-bond donors (Lipinski definition) is 3. The Bertz CT molecular complexity index is 1140. The van der Waals surface area contributed by atoms with E-state index in [1.54, 1.807) is 6.07 Å². The third-order valence-corrected chi connectivity index (χ3v) is 6.38. The second-order valence-corrected chi connectivity index (χ2v) is 8.51. The second kappa shape index (κ2) is 8.76. The number of phenols is 1. The Morgan fingerprint density at radius 3 is 2.50 bits per heavy atom. The van der Waals surface area contributed by atoms with Crippen LogP contribution in [0.1, 0.15) is 16.7 Å². The van der Waals surface area contributed by atoms with Crippen LogP contribution in [0.15, 0.2) is 41.3 Å². The van der Waals surface area contributed by atoms with Gasteiger partial charge in [-0.15, -0.1) is 0 Å². The third-order valence-electron chi connectivity index (χ3n) is 4.90. The highest BCUT2D eigenvalue weighted by Crippen LogP contribution is 2.35. The summed E-state index contributed by atoms with van der Waals surface area (Å²) in [7, 11) is -2.16. The van der Waals surface area contributed by atoms with E-state index in [2.05, 4.69) is 0 Å². The monoisotopic (exact) mass is 467 g/mol. The van der Waals surface area contributed by atoms with Gasteiger partial charge in [0.05, 0.1) is 40.8 Å². The number of halogens is 3. The molecule has 32 heavy (non-hydrogen) atoms. The number of nitrogens with zero attached hydrogens (tertiary/aromatic N) is 3. The molecule has 0 bridgehead atoms. The minimum absolute atomic E-state index is 0.0965. The summed E-state index contributed by atoms with van der Waals surface area (Å²) < 4.78 is 58.5. The molecule has 1 fully saturated rings. The summed E-state index contributed by atoms with van der Waals surface area (Å²) in [4.78, 5) is -0.192. The highest BCUT2D eigenvalue weighted by molar-refractivity contribution is 7.82. The molecule has 2 aromatic rings. The van der Waals surface area contributed by atoms with E-state index in [9.17, 15) is 38.0 Å². The number of β-amino-alcohol motifs (C(OH)–C–C–N with tert-alkyl or cyclic N) is 1. The van der Waals surface area contributed by atoms with Crippen LogP contribution < -0.4 is 4.74 Å². The molecule has 0 amide bonds. The van der Waals surface area contributed by atoms with Crippen LogP contribution in [0.3, 0.4) is 0 Å². The summed E-state index contributed by atoms with van der Waals surface area (Å²) in [6, 6.07) is 9.42. The molecule has 0 radical (unpaired) electrons. The van der Waals surface area contributed by atoms with Gasteiger partial charge in [-0.25, -0.2) is 8.51 Å². The molecule has 0 saturated carbocycles. The Kier molecular flexibility index (Phi) is 6.44. The predicted octanol–water partition coefficient (Wildman–Crippen LogP) is 1.66. The first kappa shape index (κ1) is 23.5. The fraction of sp³-hybridized carbons (Fsp3) is 0.300.